The monoisotopic (exact) mass is 376 g/mol. The molecule has 1 aliphatic rings. The first-order valence-corrected chi connectivity index (χ1v) is 9.77. The van der Waals surface area contributed by atoms with E-state index in [2.05, 4.69) is 14.9 Å². The Bertz CT molecular complexity index is 675. The van der Waals surface area contributed by atoms with Crippen LogP contribution in [-0.2, 0) is 4.79 Å². The number of hydrogen-bond donors (Lipinski definition) is 0. The fraction of sp³-hybridized carbons (Fsp3) is 0.389. The second kappa shape index (κ2) is 9.06. The summed E-state index contributed by atoms with van der Waals surface area (Å²) in [5.74, 6) is 1.92. The van der Waals surface area contributed by atoms with Crippen LogP contribution in [0.3, 0.4) is 0 Å². The van der Waals surface area contributed by atoms with E-state index in [0.717, 1.165) is 49.3 Å². The zero-order chi connectivity index (χ0) is 17.5. The van der Waals surface area contributed by atoms with E-state index in [1.165, 1.54) is 4.90 Å². The Balaban J connectivity index is 1.36. The number of nitrogens with zero attached hydrogens (tertiary/aromatic N) is 4. The van der Waals surface area contributed by atoms with E-state index in [0.29, 0.717) is 6.42 Å². The summed E-state index contributed by atoms with van der Waals surface area (Å²) in [6, 6.07) is 9.63. The third kappa shape index (κ3) is 5.34. The number of benzene rings is 1. The van der Waals surface area contributed by atoms with Crippen molar-refractivity contribution in [3.63, 3.8) is 0 Å². The molecule has 0 spiro atoms. The first-order valence-electron chi connectivity index (χ1n) is 8.40. The molecular formula is C18H21ClN4OS. The van der Waals surface area contributed by atoms with Gasteiger partial charge in [-0.05, 0) is 42.5 Å². The van der Waals surface area contributed by atoms with Crippen molar-refractivity contribution in [2.24, 2.45) is 0 Å². The average Bonchev–Trinajstić information content (AvgIpc) is 2.67. The molecule has 3 rings (SSSR count). The third-order valence-electron chi connectivity index (χ3n) is 4.08. The maximum atomic E-state index is 12.3. The molecule has 1 fully saturated rings. The maximum Gasteiger partial charge on any atom is 0.225 e. The van der Waals surface area contributed by atoms with E-state index in [-0.39, 0.29) is 5.91 Å². The van der Waals surface area contributed by atoms with Gasteiger partial charge in [-0.3, -0.25) is 4.79 Å². The third-order valence-corrected chi connectivity index (χ3v) is 5.43. The molecule has 0 aliphatic carbocycles. The number of anilines is 1. The van der Waals surface area contributed by atoms with E-state index in [1.807, 2.05) is 35.2 Å². The summed E-state index contributed by atoms with van der Waals surface area (Å²) in [5, 5.41) is 0.750. The molecule has 1 amide bonds. The van der Waals surface area contributed by atoms with E-state index in [1.54, 1.807) is 24.2 Å². The van der Waals surface area contributed by atoms with Crippen molar-refractivity contribution in [3.8, 4) is 0 Å². The zero-order valence-corrected chi connectivity index (χ0v) is 15.5. The van der Waals surface area contributed by atoms with Crippen LogP contribution in [0.2, 0.25) is 5.02 Å². The molecule has 5 nitrogen and oxygen atoms in total. The molecule has 0 bridgehead atoms. The van der Waals surface area contributed by atoms with Gasteiger partial charge in [0, 0.05) is 54.9 Å². The van der Waals surface area contributed by atoms with Gasteiger partial charge >= 0.3 is 0 Å². The van der Waals surface area contributed by atoms with Crippen molar-refractivity contribution >= 4 is 35.2 Å². The summed E-state index contributed by atoms with van der Waals surface area (Å²) in [7, 11) is 0. The minimum Gasteiger partial charge on any atom is -0.339 e. The van der Waals surface area contributed by atoms with Crippen LogP contribution >= 0.6 is 23.4 Å². The van der Waals surface area contributed by atoms with Crippen molar-refractivity contribution < 1.29 is 4.79 Å². The first-order chi connectivity index (χ1) is 12.2. The second-order valence-corrected chi connectivity index (χ2v) is 7.43. The summed E-state index contributed by atoms with van der Waals surface area (Å²) in [5.41, 5.74) is 0. The first kappa shape index (κ1) is 18.0. The van der Waals surface area contributed by atoms with Crippen molar-refractivity contribution in [1.82, 2.24) is 14.9 Å². The molecule has 7 heteroatoms. The SMILES string of the molecule is O=C(CCCSc1ccc(Cl)cc1)N1CCN(c2ncccn2)CC1. The Labute approximate surface area is 157 Å². The smallest absolute Gasteiger partial charge is 0.225 e. The fourth-order valence-corrected chi connectivity index (χ4v) is 3.69. The Kier molecular flexibility index (Phi) is 6.53. The fourth-order valence-electron chi connectivity index (χ4n) is 2.71. The lowest BCUT2D eigenvalue weighted by molar-refractivity contribution is -0.131. The average molecular weight is 377 g/mol. The Hall–Kier alpha value is -1.79. The van der Waals surface area contributed by atoms with Crippen LogP contribution in [-0.4, -0.2) is 52.7 Å². The molecule has 0 unspecified atom stereocenters. The molecule has 0 N–H and O–H groups in total. The maximum absolute atomic E-state index is 12.3. The highest BCUT2D eigenvalue weighted by atomic mass is 35.5. The Morgan fingerprint density at radius 1 is 1.08 bits per heavy atom. The summed E-state index contributed by atoms with van der Waals surface area (Å²) in [6.45, 7) is 3.05. The predicted molar refractivity (Wildman–Crippen MR) is 102 cm³/mol. The molecular weight excluding hydrogens is 356 g/mol. The van der Waals surface area contributed by atoms with Gasteiger partial charge in [-0.1, -0.05) is 11.6 Å². The van der Waals surface area contributed by atoms with Gasteiger partial charge in [0.2, 0.25) is 11.9 Å². The molecule has 0 saturated carbocycles. The highest BCUT2D eigenvalue weighted by Gasteiger charge is 2.21. The number of aromatic nitrogens is 2. The predicted octanol–water partition coefficient (Wildman–Crippen LogP) is 3.35. The second-order valence-electron chi connectivity index (χ2n) is 5.82. The molecule has 1 aromatic carbocycles. The van der Waals surface area contributed by atoms with Crippen LogP contribution in [0.5, 0.6) is 0 Å². The Morgan fingerprint density at radius 3 is 2.44 bits per heavy atom. The highest BCUT2D eigenvalue weighted by molar-refractivity contribution is 7.99. The quantitative estimate of drug-likeness (QED) is 0.571. The van der Waals surface area contributed by atoms with Crippen LogP contribution < -0.4 is 4.90 Å². The molecule has 1 aromatic heterocycles. The van der Waals surface area contributed by atoms with Gasteiger partial charge < -0.3 is 9.80 Å². The molecule has 132 valence electrons. The van der Waals surface area contributed by atoms with Gasteiger partial charge in [0.05, 0.1) is 0 Å². The van der Waals surface area contributed by atoms with Crippen LogP contribution in [0, 0.1) is 0 Å². The number of thioether (sulfide) groups is 1. The van der Waals surface area contributed by atoms with Gasteiger partial charge in [-0.15, -0.1) is 11.8 Å². The standard InChI is InChI=1S/C18H21ClN4OS/c19-15-4-6-16(7-5-15)25-14-1-3-17(24)22-10-12-23(13-11-22)18-20-8-2-9-21-18/h2,4-9H,1,3,10-14H2. The van der Waals surface area contributed by atoms with Crippen molar-refractivity contribution in [1.29, 1.82) is 0 Å². The van der Waals surface area contributed by atoms with E-state index in [9.17, 15) is 4.79 Å². The number of carbonyl (C=O) groups is 1. The van der Waals surface area contributed by atoms with Crippen molar-refractivity contribution in [3.05, 3.63) is 47.7 Å². The lowest BCUT2D eigenvalue weighted by Gasteiger charge is -2.34. The van der Waals surface area contributed by atoms with Gasteiger partial charge in [0.25, 0.3) is 0 Å². The zero-order valence-electron chi connectivity index (χ0n) is 14.0. The minimum absolute atomic E-state index is 0.241. The van der Waals surface area contributed by atoms with Crippen LogP contribution in [0.1, 0.15) is 12.8 Å². The van der Waals surface area contributed by atoms with E-state index in [4.69, 9.17) is 11.6 Å². The number of amides is 1. The highest BCUT2D eigenvalue weighted by Crippen LogP contribution is 2.21. The molecule has 0 radical (unpaired) electrons. The molecule has 2 heterocycles. The lowest BCUT2D eigenvalue weighted by Crippen LogP contribution is -2.49. The number of halogens is 1. The van der Waals surface area contributed by atoms with Crippen molar-refractivity contribution in [2.75, 3.05) is 36.8 Å². The number of rotatable bonds is 6. The summed E-state index contributed by atoms with van der Waals surface area (Å²) in [6.07, 6.45) is 4.98. The van der Waals surface area contributed by atoms with Crippen LogP contribution in [0.15, 0.2) is 47.6 Å². The molecule has 1 saturated heterocycles. The van der Waals surface area contributed by atoms with Crippen molar-refractivity contribution in [2.45, 2.75) is 17.7 Å². The molecule has 1 aliphatic heterocycles. The Morgan fingerprint density at radius 2 is 1.76 bits per heavy atom. The minimum atomic E-state index is 0.241. The van der Waals surface area contributed by atoms with Gasteiger partial charge in [-0.2, -0.15) is 0 Å². The number of hydrogen-bond acceptors (Lipinski definition) is 5. The number of piperazine rings is 1. The molecule has 2 aromatic rings. The summed E-state index contributed by atoms with van der Waals surface area (Å²) < 4.78 is 0. The van der Waals surface area contributed by atoms with Gasteiger partial charge in [0.15, 0.2) is 0 Å². The van der Waals surface area contributed by atoms with Crippen LogP contribution in [0.4, 0.5) is 5.95 Å². The molecule has 0 atom stereocenters. The van der Waals surface area contributed by atoms with Crippen LogP contribution in [0.25, 0.3) is 0 Å². The van der Waals surface area contributed by atoms with E-state index < -0.39 is 0 Å². The summed E-state index contributed by atoms with van der Waals surface area (Å²) in [4.78, 5) is 26.1. The number of carbonyl (C=O) groups excluding carboxylic acids is 1. The largest absolute Gasteiger partial charge is 0.339 e. The van der Waals surface area contributed by atoms with Gasteiger partial charge in [0.1, 0.15) is 0 Å². The lowest BCUT2D eigenvalue weighted by atomic mass is 10.2. The molecule has 25 heavy (non-hydrogen) atoms. The van der Waals surface area contributed by atoms with E-state index >= 15 is 0 Å². The van der Waals surface area contributed by atoms with Gasteiger partial charge in [-0.25, -0.2) is 9.97 Å². The normalized spacial score (nSPS) is 14.6. The summed E-state index contributed by atoms with van der Waals surface area (Å²) >= 11 is 7.64. The topological polar surface area (TPSA) is 49.3 Å².